The van der Waals surface area contributed by atoms with Crippen LogP contribution < -0.4 is 15.6 Å². The highest BCUT2D eigenvalue weighted by Gasteiger charge is 2.28. The number of aryl methyl sites for hydroxylation is 1. The first kappa shape index (κ1) is 26.5. The monoisotopic (exact) mass is 549 g/mol. The van der Waals surface area contributed by atoms with E-state index in [9.17, 15) is 9.59 Å². The Morgan fingerprint density at radius 3 is 2.82 bits per heavy atom. The third-order valence-electron chi connectivity index (χ3n) is 6.69. The molecule has 3 heterocycles. The summed E-state index contributed by atoms with van der Waals surface area (Å²) in [5.74, 6) is 0.988. The van der Waals surface area contributed by atoms with Gasteiger partial charge in [0.1, 0.15) is 10.6 Å². The van der Waals surface area contributed by atoms with Crippen LogP contribution in [0.5, 0.6) is 5.75 Å². The molecule has 4 aromatic rings. The number of fused-ring (bicyclic) bond motifs is 3. The predicted octanol–water partition coefficient (Wildman–Crippen LogP) is 5.54. The number of hydrogen-bond acceptors (Lipinski definition) is 7. The number of anilines is 1. The van der Waals surface area contributed by atoms with E-state index in [2.05, 4.69) is 31.3 Å². The number of thioether (sulfide) groups is 1. The second kappa shape index (κ2) is 11.7. The zero-order chi connectivity index (χ0) is 26.6. The van der Waals surface area contributed by atoms with Crippen LogP contribution >= 0.6 is 23.1 Å². The molecule has 0 fully saturated rings. The van der Waals surface area contributed by atoms with Crippen molar-refractivity contribution in [3.8, 4) is 5.75 Å². The Morgan fingerprint density at radius 1 is 1.24 bits per heavy atom. The van der Waals surface area contributed by atoms with Crippen molar-refractivity contribution in [2.75, 3.05) is 18.2 Å². The van der Waals surface area contributed by atoms with E-state index in [1.165, 1.54) is 23.1 Å². The Kier molecular flexibility index (Phi) is 8.16. The standard InChI is InChI=1S/C29H31N3O4S2/c1-18(2)23-15-22-24(16-36-23)38-27-26(22)28(34)32(13-12-19-8-5-4-6-9-19)29(31-27)37-17-25(33)30-20-10-7-11-21(14-20)35-3/h4-11,14,18,23H,12-13,15-17H2,1-3H3,(H,30,33). The Bertz CT molecular complexity index is 1500. The summed E-state index contributed by atoms with van der Waals surface area (Å²) in [6.07, 6.45) is 1.51. The maximum atomic E-state index is 13.9. The lowest BCUT2D eigenvalue weighted by Gasteiger charge is -2.26. The van der Waals surface area contributed by atoms with E-state index in [1.807, 2.05) is 36.4 Å². The first-order valence-electron chi connectivity index (χ1n) is 12.7. The Labute approximate surface area is 230 Å². The van der Waals surface area contributed by atoms with Gasteiger partial charge in [0.15, 0.2) is 5.16 Å². The number of aromatic nitrogens is 2. The number of hydrogen-bond donors (Lipinski definition) is 1. The average molecular weight is 550 g/mol. The Morgan fingerprint density at radius 2 is 2.05 bits per heavy atom. The SMILES string of the molecule is COc1cccc(NC(=O)CSc2nc3sc4c(c3c(=O)n2CCc2ccccc2)CC(C(C)C)OC4)c1. The van der Waals surface area contributed by atoms with Crippen LogP contribution in [0.3, 0.4) is 0 Å². The molecule has 7 nitrogen and oxygen atoms in total. The first-order chi connectivity index (χ1) is 18.4. The molecule has 198 valence electrons. The van der Waals surface area contributed by atoms with E-state index in [4.69, 9.17) is 14.5 Å². The van der Waals surface area contributed by atoms with Gasteiger partial charge < -0.3 is 14.8 Å². The molecule has 1 aliphatic rings. The molecular formula is C29H31N3O4S2. The number of carbonyl (C=O) groups is 1. The minimum absolute atomic E-state index is 0.0384. The number of ether oxygens (including phenoxy) is 2. The van der Waals surface area contributed by atoms with Gasteiger partial charge in [0.05, 0.1) is 31.0 Å². The summed E-state index contributed by atoms with van der Waals surface area (Å²) in [4.78, 5) is 33.4. The minimum Gasteiger partial charge on any atom is -0.497 e. The summed E-state index contributed by atoms with van der Waals surface area (Å²) in [5.41, 5.74) is 2.84. The Hall–Kier alpha value is -3.14. The lowest BCUT2D eigenvalue weighted by atomic mass is 9.96. The van der Waals surface area contributed by atoms with E-state index in [0.717, 1.165) is 27.3 Å². The molecule has 0 radical (unpaired) electrons. The zero-order valence-electron chi connectivity index (χ0n) is 21.7. The van der Waals surface area contributed by atoms with Crippen LogP contribution in [0, 0.1) is 5.92 Å². The number of rotatable bonds is 9. The van der Waals surface area contributed by atoms with E-state index in [0.29, 0.717) is 47.5 Å². The van der Waals surface area contributed by atoms with E-state index >= 15 is 0 Å². The third-order valence-corrected chi connectivity index (χ3v) is 8.77. The highest BCUT2D eigenvalue weighted by atomic mass is 32.2. The molecule has 2 aromatic carbocycles. The maximum Gasteiger partial charge on any atom is 0.263 e. The molecule has 9 heteroatoms. The van der Waals surface area contributed by atoms with Gasteiger partial charge in [-0.05, 0) is 35.6 Å². The number of thiophene rings is 1. The van der Waals surface area contributed by atoms with Crippen LogP contribution in [0.25, 0.3) is 10.2 Å². The van der Waals surface area contributed by atoms with Crippen molar-refractivity contribution in [2.45, 2.75) is 51.1 Å². The maximum absolute atomic E-state index is 13.9. The molecule has 1 aliphatic heterocycles. The van der Waals surface area contributed by atoms with E-state index in [-0.39, 0.29) is 23.3 Å². The van der Waals surface area contributed by atoms with Crippen molar-refractivity contribution < 1.29 is 14.3 Å². The second-order valence-corrected chi connectivity index (χ2v) is 11.7. The molecule has 1 N–H and O–H groups in total. The molecular weight excluding hydrogens is 518 g/mol. The van der Waals surface area contributed by atoms with Crippen molar-refractivity contribution in [1.82, 2.24) is 9.55 Å². The molecule has 0 aliphatic carbocycles. The van der Waals surface area contributed by atoms with Crippen molar-refractivity contribution in [1.29, 1.82) is 0 Å². The van der Waals surface area contributed by atoms with Gasteiger partial charge in [-0.2, -0.15) is 0 Å². The number of amides is 1. The molecule has 0 saturated carbocycles. The fourth-order valence-electron chi connectivity index (χ4n) is 4.59. The second-order valence-electron chi connectivity index (χ2n) is 9.64. The van der Waals surface area contributed by atoms with Crippen molar-refractivity contribution in [2.24, 2.45) is 5.92 Å². The summed E-state index contributed by atoms with van der Waals surface area (Å²) in [6.45, 7) is 5.28. The van der Waals surface area contributed by atoms with Gasteiger partial charge in [-0.1, -0.05) is 62.0 Å². The predicted molar refractivity (Wildman–Crippen MR) is 153 cm³/mol. The number of nitrogens with zero attached hydrogens (tertiary/aromatic N) is 2. The van der Waals surface area contributed by atoms with Gasteiger partial charge in [0.2, 0.25) is 5.91 Å². The third kappa shape index (κ3) is 5.80. The molecule has 5 rings (SSSR count). The molecule has 2 aromatic heterocycles. The number of methoxy groups -OCH3 is 1. The number of nitrogens with one attached hydrogen (secondary N) is 1. The number of benzene rings is 2. The molecule has 1 amide bonds. The van der Waals surface area contributed by atoms with Crippen LogP contribution in [-0.4, -0.2) is 34.4 Å². The normalized spacial score (nSPS) is 15.0. The topological polar surface area (TPSA) is 82.5 Å². The average Bonchev–Trinajstić information content (AvgIpc) is 3.30. The number of carbonyl (C=O) groups excluding carboxylic acids is 1. The summed E-state index contributed by atoms with van der Waals surface area (Å²) in [6, 6.07) is 17.3. The van der Waals surface area contributed by atoms with Gasteiger partial charge in [0, 0.05) is 29.6 Å². The van der Waals surface area contributed by atoms with Crippen LogP contribution in [0.4, 0.5) is 5.69 Å². The highest BCUT2D eigenvalue weighted by Crippen LogP contribution is 2.36. The van der Waals surface area contributed by atoms with Crippen molar-refractivity contribution in [3.63, 3.8) is 0 Å². The molecule has 0 saturated heterocycles. The fraction of sp³-hybridized carbons (Fsp3) is 0.345. The van der Waals surface area contributed by atoms with Gasteiger partial charge in [-0.3, -0.25) is 14.2 Å². The summed E-state index contributed by atoms with van der Waals surface area (Å²) >= 11 is 2.81. The van der Waals surface area contributed by atoms with Crippen LogP contribution in [0.1, 0.15) is 29.9 Å². The lowest BCUT2D eigenvalue weighted by Crippen LogP contribution is -2.29. The van der Waals surface area contributed by atoms with Crippen LogP contribution in [0.2, 0.25) is 0 Å². The lowest BCUT2D eigenvalue weighted by molar-refractivity contribution is -0.113. The quantitative estimate of drug-likeness (QED) is 0.218. The van der Waals surface area contributed by atoms with Gasteiger partial charge in [-0.25, -0.2) is 4.98 Å². The Balaban J connectivity index is 1.44. The zero-order valence-corrected chi connectivity index (χ0v) is 23.4. The van der Waals surface area contributed by atoms with Gasteiger partial charge in [-0.15, -0.1) is 11.3 Å². The minimum atomic E-state index is -0.175. The molecule has 38 heavy (non-hydrogen) atoms. The molecule has 0 bridgehead atoms. The van der Waals surface area contributed by atoms with Crippen LogP contribution in [0.15, 0.2) is 64.5 Å². The van der Waals surface area contributed by atoms with Gasteiger partial charge in [0.25, 0.3) is 5.56 Å². The fourth-order valence-corrected chi connectivity index (χ4v) is 6.58. The van der Waals surface area contributed by atoms with E-state index < -0.39 is 0 Å². The first-order valence-corrected chi connectivity index (χ1v) is 14.5. The molecule has 1 atom stereocenters. The summed E-state index contributed by atoms with van der Waals surface area (Å²) in [5, 5.41) is 4.16. The molecule has 1 unspecified atom stereocenters. The van der Waals surface area contributed by atoms with Gasteiger partial charge >= 0.3 is 0 Å². The van der Waals surface area contributed by atoms with Crippen molar-refractivity contribution in [3.05, 3.63) is 81.0 Å². The summed E-state index contributed by atoms with van der Waals surface area (Å²) in [7, 11) is 1.59. The highest BCUT2D eigenvalue weighted by molar-refractivity contribution is 7.99. The van der Waals surface area contributed by atoms with E-state index in [1.54, 1.807) is 17.7 Å². The smallest absolute Gasteiger partial charge is 0.263 e. The summed E-state index contributed by atoms with van der Waals surface area (Å²) < 4.78 is 13.0. The molecule has 0 spiro atoms. The van der Waals surface area contributed by atoms with Crippen LogP contribution in [-0.2, 0) is 35.5 Å². The van der Waals surface area contributed by atoms with Crippen molar-refractivity contribution >= 4 is 44.9 Å². The largest absolute Gasteiger partial charge is 0.497 e.